The molecule has 5 nitrogen and oxygen atoms in total. The fourth-order valence-electron chi connectivity index (χ4n) is 2.24. The second-order valence-corrected chi connectivity index (χ2v) is 4.84. The van der Waals surface area contributed by atoms with Crippen molar-refractivity contribution in [2.24, 2.45) is 0 Å². The third kappa shape index (κ3) is 2.58. The summed E-state index contributed by atoms with van der Waals surface area (Å²) in [5.41, 5.74) is 2.44. The van der Waals surface area contributed by atoms with Gasteiger partial charge in [0.05, 0.1) is 0 Å². The Bertz CT molecular complexity index is 856. The molecule has 0 unspecified atom stereocenters. The Kier molecular flexibility index (Phi) is 3.31. The van der Waals surface area contributed by atoms with E-state index in [0.717, 1.165) is 22.1 Å². The van der Waals surface area contributed by atoms with E-state index in [1.807, 2.05) is 31.2 Å². The lowest BCUT2D eigenvalue weighted by atomic mass is 10.1. The van der Waals surface area contributed by atoms with E-state index < -0.39 is 5.56 Å². The Balaban J connectivity index is 1.99. The lowest BCUT2D eigenvalue weighted by Crippen LogP contribution is -2.38. The fraction of sp³-hybridized carbons (Fsp3) is 0.125. The molecule has 1 heterocycles. The van der Waals surface area contributed by atoms with Crippen LogP contribution in [0.2, 0.25) is 0 Å². The Morgan fingerprint density at radius 2 is 2.00 bits per heavy atom. The van der Waals surface area contributed by atoms with Crippen molar-refractivity contribution in [1.29, 1.82) is 0 Å². The van der Waals surface area contributed by atoms with Crippen LogP contribution >= 0.6 is 0 Å². The third-order valence-electron chi connectivity index (χ3n) is 3.21. The summed E-state index contributed by atoms with van der Waals surface area (Å²) in [6, 6.07) is 14.7. The highest BCUT2D eigenvalue weighted by atomic mass is 16.7. The summed E-state index contributed by atoms with van der Waals surface area (Å²) in [5.74, 6) is 0. The predicted octanol–water partition coefficient (Wildman–Crippen LogP) is 1.57. The Morgan fingerprint density at radius 3 is 2.81 bits per heavy atom. The molecule has 3 aromatic rings. The normalized spacial score (nSPS) is 10.7. The second kappa shape index (κ2) is 5.28. The van der Waals surface area contributed by atoms with Crippen molar-refractivity contribution in [2.45, 2.75) is 13.5 Å². The molecule has 0 saturated heterocycles. The monoisotopic (exact) mass is 282 g/mol. The molecule has 0 amide bonds. The zero-order valence-electron chi connectivity index (χ0n) is 11.5. The Morgan fingerprint density at radius 1 is 1.19 bits per heavy atom. The minimum atomic E-state index is -0.489. The highest BCUT2D eigenvalue weighted by Gasteiger charge is 2.12. The number of nitrogens with zero attached hydrogens (tertiary/aromatic N) is 2. The van der Waals surface area contributed by atoms with Gasteiger partial charge in [0, 0.05) is 6.07 Å². The van der Waals surface area contributed by atoms with Crippen LogP contribution in [-0.2, 0) is 6.61 Å². The van der Waals surface area contributed by atoms with Gasteiger partial charge in [-0.3, -0.25) is 4.79 Å². The van der Waals surface area contributed by atoms with Crippen molar-refractivity contribution < 1.29 is 9.57 Å². The molecule has 0 fully saturated rings. The zero-order valence-corrected chi connectivity index (χ0v) is 11.5. The average molecular weight is 282 g/mol. The summed E-state index contributed by atoms with van der Waals surface area (Å²) in [7, 11) is 0. The number of para-hydroxylation sites is 2. The Labute approximate surface area is 121 Å². The molecule has 2 aromatic carbocycles. The van der Waals surface area contributed by atoms with E-state index in [0.29, 0.717) is 15.8 Å². The summed E-state index contributed by atoms with van der Waals surface area (Å²) in [6.07, 6.45) is 0.971. The van der Waals surface area contributed by atoms with Gasteiger partial charge in [0.15, 0.2) is 5.52 Å². The van der Waals surface area contributed by atoms with Gasteiger partial charge in [-0.15, -0.1) is 4.73 Å². The summed E-state index contributed by atoms with van der Waals surface area (Å²) in [4.78, 5) is 17.6. The quantitative estimate of drug-likeness (QED) is 0.541. The molecule has 0 aliphatic rings. The molecule has 0 atom stereocenters. The molecule has 0 aliphatic heterocycles. The van der Waals surface area contributed by atoms with Gasteiger partial charge in [-0.1, -0.05) is 42.0 Å². The maximum atomic E-state index is 12.0. The molecule has 0 spiro atoms. The van der Waals surface area contributed by atoms with Gasteiger partial charge in [-0.2, -0.15) is 4.73 Å². The van der Waals surface area contributed by atoms with E-state index in [1.165, 1.54) is 0 Å². The van der Waals surface area contributed by atoms with Crippen molar-refractivity contribution in [2.75, 3.05) is 0 Å². The number of fused-ring (bicyclic) bond motifs is 1. The van der Waals surface area contributed by atoms with Crippen molar-refractivity contribution >= 4 is 11.0 Å². The highest BCUT2D eigenvalue weighted by Crippen LogP contribution is 2.08. The molecule has 1 aromatic heterocycles. The first kappa shape index (κ1) is 13.2. The van der Waals surface area contributed by atoms with Crippen LogP contribution in [0.15, 0.2) is 59.5 Å². The number of aryl methyl sites for hydroxylation is 1. The third-order valence-corrected chi connectivity index (χ3v) is 3.21. The van der Waals surface area contributed by atoms with Crippen molar-refractivity contribution in [3.63, 3.8) is 0 Å². The van der Waals surface area contributed by atoms with Crippen LogP contribution in [0.25, 0.3) is 11.0 Å². The molecule has 106 valence electrons. The van der Waals surface area contributed by atoms with Crippen LogP contribution in [0.3, 0.4) is 0 Å². The van der Waals surface area contributed by atoms with Crippen molar-refractivity contribution in [1.82, 2.24) is 4.73 Å². The van der Waals surface area contributed by atoms with Gasteiger partial charge in [0.1, 0.15) is 6.61 Å². The minimum Gasteiger partial charge on any atom is -0.618 e. The molecule has 21 heavy (non-hydrogen) atoms. The first-order valence-corrected chi connectivity index (χ1v) is 6.58. The smallest absolute Gasteiger partial charge is 0.349 e. The maximum Gasteiger partial charge on any atom is 0.349 e. The standard InChI is InChI=1S/C16H14N2O3/c1-12-5-4-6-13(9-12)11-21-18-15-8-3-2-7-14(15)17(20)10-16(18)19/h2-10H,11H2,1H3. The summed E-state index contributed by atoms with van der Waals surface area (Å²) >= 11 is 0. The van der Waals surface area contributed by atoms with E-state index in [4.69, 9.17) is 4.84 Å². The largest absolute Gasteiger partial charge is 0.618 e. The van der Waals surface area contributed by atoms with Gasteiger partial charge in [-0.25, -0.2) is 0 Å². The van der Waals surface area contributed by atoms with Crippen LogP contribution in [0.1, 0.15) is 11.1 Å². The van der Waals surface area contributed by atoms with Crippen molar-refractivity contribution in [3.8, 4) is 0 Å². The van der Waals surface area contributed by atoms with Gasteiger partial charge in [-0.05, 0) is 18.6 Å². The molecule has 0 N–H and O–H groups in total. The minimum absolute atomic E-state index is 0.258. The van der Waals surface area contributed by atoms with E-state index >= 15 is 0 Å². The second-order valence-electron chi connectivity index (χ2n) is 4.84. The van der Waals surface area contributed by atoms with Crippen LogP contribution in [0.4, 0.5) is 0 Å². The molecule has 0 bridgehead atoms. The Hall–Kier alpha value is -2.82. The number of benzene rings is 2. The molecule has 3 rings (SSSR count). The van der Waals surface area contributed by atoms with Crippen molar-refractivity contribution in [3.05, 3.63) is 81.4 Å². The van der Waals surface area contributed by atoms with Crippen LogP contribution in [-0.4, -0.2) is 4.73 Å². The predicted molar refractivity (Wildman–Crippen MR) is 78.6 cm³/mol. The summed E-state index contributed by atoms with van der Waals surface area (Å²) < 4.78 is 1.72. The summed E-state index contributed by atoms with van der Waals surface area (Å²) in [6.45, 7) is 2.25. The van der Waals surface area contributed by atoms with Gasteiger partial charge < -0.3 is 10.0 Å². The summed E-state index contributed by atoms with van der Waals surface area (Å²) in [5, 5.41) is 11.7. The van der Waals surface area contributed by atoms with E-state index in [2.05, 4.69) is 0 Å². The molecule has 0 radical (unpaired) electrons. The number of hydrogen-bond donors (Lipinski definition) is 0. The van der Waals surface area contributed by atoms with Crippen LogP contribution in [0.5, 0.6) is 0 Å². The average Bonchev–Trinajstić information content (AvgIpc) is 2.47. The lowest BCUT2D eigenvalue weighted by Gasteiger charge is -2.11. The topological polar surface area (TPSA) is 58.2 Å². The zero-order chi connectivity index (χ0) is 14.8. The molecular weight excluding hydrogens is 268 g/mol. The van der Waals surface area contributed by atoms with Gasteiger partial charge in [0.2, 0.25) is 11.7 Å². The number of rotatable bonds is 3. The first-order chi connectivity index (χ1) is 10.1. The fourth-order valence-corrected chi connectivity index (χ4v) is 2.24. The molecular formula is C16H14N2O3. The van der Waals surface area contributed by atoms with Gasteiger partial charge >= 0.3 is 5.56 Å². The number of aromatic nitrogens is 2. The van der Waals surface area contributed by atoms with Crippen LogP contribution < -0.4 is 15.1 Å². The first-order valence-electron chi connectivity index (χ1n) is 6.58. The van der Waals surface area contributed by atoms with E-state index in [1.54, 1.807) is 24.3 Å². The van der Waals surface area contributed by atoms with E-state index in [-0.39, 0.29) is 6.61 Å². The highest BCUT2D eigenvalue weighted by molar-refractivity contribution is 5.70. The molecule has 0 aliphatic carbocycles. The lowest BCUT2D eigenvalue weighted by molar-refractivity contribution is -0.578. The number of hydrogen-bond acceptors (Lipinski definition) is 3. The van der Waals surface area contributed by atoms with Crippen LogP contribution in [0, 0.1) is 12.1 Å². The SMILES string of the molecule is Cc1cccc(COn2c(=O)c[n+]([O-])c3ccccc32)c1. The van der Waals surface area contributed by atoms with E-state index in [9.17, 15) is 10.0 Å². The van der Waals surface area contributed by atoms with Gasteiger partial charge in [0.25, 0.3) is 0 Å². The molecule has 5 heteroatoms. The molecule has 0 saturated carbocycles. The maximum absolute atomic E-state index is 12.0.